The number of carbonyl (C=O) groups is 3. The van der Waals surface area contributed by atoms with E-state index < -0.39 is 6.10 Å². The molecule has 0 spiro atoms. The van der Waals surface area contributed by atoms with Crippen LogP contribution in [-0.4, -0.2) is 37.2 Å². The number of carbonyl (C=O) groups excluding carboxylic acids is 3. The zero-order valence-electron chi connectivity index (χ0n) is 45.8. The summed E-state index contributed by atoms with van der Waals surface area (Å²) >= 11 is 0. The van der Waals surface area contributed by atoms with Crippen LogP contribution in [0.3, 0.4) is 0 Å². The van der Waals surface area contributed by atoms with Crippen LogP contribution in [0.2, 0.25) is 0 Å². The lowest BCUT2D eigenvalue weighted by molar-refractivity contribution is -0.167. The second-order valence-electron chi connectivity index (χ2n) is 19.9. The van der Waals surface area contributed by atoms with Gasteiger partial charge in [0.25, 0.3) is 0 Å². The van der Waals surface area contributed by atoms with Gasteiger partial charge in [0, 0.05) is 19.3 Å². The third kappa shape index (κ3) is 55.9. The molecule has 0 aliphatic rings. The molecule has 0 amide bonds. The van der Waals surface area contributed by atoms with Gasteiger partial charge >= 0.3 is 17.9 Å². The third-order valence-corrected chi connectivity index (χ3v) is 13.0. The van der Waals surface area contributed by atoms with Crippen LogP contribution < -0.4 is 0 Å². The Hall–Kier alpha value is -2.89. The topological polar surface area (TPSA) is 78.9 Å². The second-order valence-corrected chi connectivity index (χ2v) is 19.9. The first-order valence-electron chi connectivity index (χ1n) is 29.8. The van der Waals surface area contributed by atoms with E-state index in [9.17, 15) is 14.4 Å². The van der Waals surface area contributed by atoms with Gasteiger partial charge < -0.3 is 14.2 Å². The van der Waals surface area contributed by atoms with E-state index in [4.69, 9.17) is 14.2 Å². The van der Waals surface area contributed by atoms with Crippen LogP contribution in [-0.2, 0) is 28.6 Å². The molecule has 0 radical (unpaired) electrons. The maximum Gasteiger partial charge on any atom is 0.306 e. The average molecular weight is 966 g/mol. The third-order valence-electron chi connectivity index (χ3n) is 13.0. The Morgan fingerprint density at radius 1 is 0.290 bits per heavy atom. The van der Waals surface area contributed by atoms with E-state index in [2.05, 4.69) is 81.5 Å². The van der Waals surface area contributed by atoms with Gasteiger partial charge in [-0.05, 0) is 109 Å². The number of hydrogen-bond acceptors (Lipinski definition) is 6. The number of hydrogen-bond donors (Lipinski definition) is 0. The summed E-state index contributed by atoms with van der Waals surface area (Å²) in [6.45, 7) is 6.61. The first kappa shape index (κ1) is 66.1. The van der Waals surface area contributed by atoms with Crippen LogP contribution in [0.1, 0.15) is 303 Å². The average Bonchev–Trinajstić information content (AvgIpc) is 3.35. The summed E-state index contributed by atoms with van der Waals surface area (Å²) in [5, 5.41) is 0. The molecule has 0 N–H and O–H groups in total. The van der Waals surface area contributed by atoms with E-state index in [-0.39, 0.29) is 31.1 Å². The first-order valence-corrected chi connectivity index (χ1v) is 29.8. The van der Waals surface area contributed by atoms with Crippen molar-refractivity contribution in [1.82, 2.24) is 0 Å². The minimum absolute atomic E-state index is 0.0851. The van der Waals surface area contributed by atoms with Crippen LogP contribution in [0, 0.1) is 0 Å². The van der Waals surface area contributed by atoms with Gasteiger partial charge in [0.05, 0.1) is 0 Å². The van der Waals surface area contributed by atoms with Gasteiger partial charge in [-0.2, -0.15) is 0 Å². The molecule has 0 saturated carbocycles. The van der Waals surface area contributed by atoms with Crippen LogP contribution in [0.25, 0.3) is 0 Å². The molecular weight excluding hydrogens is 853 g/mol. The molecule has 69 heavy (non-hydrogen) atoms. The fourth-order valence-corrected chi connectivity index (χ4v) is 8.44. The molecule has 1 atom stereocenters. The van der Waals surface area contributed by atoms with Crippen LogP contribution >= 0.6 is 0 Å². The monoisotopic (exact) mass is 965 g/mol. The van der Waals surface area contributed by atoms with Crippen molar-refractivity contribution in [2.24, 2.45) is 0 Å². The smallest absolute Gasteiger partial charge is 0.306 e. The summed E-state index contributed by atoms with van der Waals surface area (Å²) in [6.07, 6.45) is 72.0. The predicted molar refractivity (Wildman–Crippen MR) is 298 cm³/mol. The maximum absolute atomic E-state index is 12.9. The molecule has 0 rings (SSSR count). The van der Waals surface area contributed by atoms with Gasteiger partial charge in [0.2, 0.25) is 0 Å². The van der Waals surface area contributed by atoms with Crippen LogP contribution in [0.15, 0.2) is 60.8 Å². The highest BCUT2D eigenvalue weighted by Gasteiger charge is 2.19. The van der Waals surface area contributed by atoms with E-state index in [1.54, 1.807) is 0 Å². The summed E-state index contributed by atoms with van der Waals surface area (Å²) in [5.74, 6) is -0.902. The number of allylic oxidation sites excluding steroid dienone is 10. The van der Waals surface area contributed by atoms with E-state index >= 15 is 0 Å². The van der Waals surface area contributed by atoms with Gasteiger partial charge in [-0.15, -0.1) is 0 Å². The fourth-order valence-electron chi connectivity index (χ4n) is 8.44. The second kappa shape index (κ2) is 57.7. The van der Waals surface area contributed by atoms with Crippen LogP contribution in [0.5, 0.6) is 0 Å². The molecule has 0 aromatic rings. The molecule has 0 aromatic carbocycles. The number of esters is 3. The normalized spacial score (nSPS) is 12.4. The predicted octanol–water partition coefficient (Wildman–Crippen LogP) is 20.0. The fraction of sp³-hybridized carbons (Fsp3) is 0.794. The molecule has 0 saturated heterocycles. The lowest BCUT2D eigenvalue weighted by Crippen LogP contribution is -2.30. The molecule has 6 heteroatoms. The quantitative estimate of drug-likeness (QED) is 0.0262. The largest absolute Gasteiger partial charge is 0.462 e. The highest BCUT2D eigenvalue weighted by molar-refractivity contribution is 5.71. The Labute approximate surface area is 428 Å². The van der Waals surface area contributed by atoms with E-state index in [0.29, 0.717) is 19.3 Å². The van der Waals surface area contributed by atoms with Crippen molar-refractivity contribution in [3.63, 3.8) is 0 Å². The van der Waals surface area contributed by atoms with Gasteiger partial charge in [-0.1, -0.05) is 236 Å². The summed E-state index contributed by atoms with van der Waals surface area (Å²) in [4.78, 5) is 38.2. The van der Waals surface area contributed by atoms with Crippen molar-refractivity contribution < 1.29 is 28.6 Å². The zero-order chi connectivity index (χ0) is 50.0. The summed E-state index contributed by atoms with van der Waals surface area (Å²) in [6, 6.07) is 0. The molecule has 0 unspecified atom stereocenters. The summed E-state index contributed by atoms with van der Waals surface area (Å²) < 4.78 is 16.9. The van der Waals surface area contributed by atoms with Crippen molar-refractivity contribution >= 4 is 17.9 Å². The van der Waals surface area contributed by atoms with Crippen molar-refractivity contribution in [3.05, 3.63) is 60.8 Å². The zero-order valence-corrected chi connectivity index (χ0v) is 45.8. The van der Waals surface area contributed by atoms with Gasteiger partial charge in [-0.3, -0.25) is 14.4 Å². The first-order chi connectivity index (χ1) is 34.0. The van der Waals surface area contributed by atoms with Crippen molar-refractivity contribution in [2.75, 3.05) is 13.2 Å². The minimum atomic E-state index is -0.788. The van der Waals surface area contributed by atoms with Crippen molar-refractivity contribution in [2.45, 2.75) is 309 Å². The van der Waals surface area contributed by atoms with Gasteiger partial charge in [-0.25, -0.2) is 0 Å². The SMILES string of the molecule is CCCCC/C=C\C/C=C\C/C=C\CCCCCCCCC(=O)OC[C@@H](COC(=O)CCCCCCC/C=C\CCCCCCCCC)OC(=O)CCCCCCC/C=C\CCCCCCCCC. The number of rotatable bonds is 54. The number of unbranched alkanes of at least 4 members (excludes halogenated alkanes) is 33. The van der Waals surface area contributed by atoms with Crippen molar-refractivity contribution in [1.29, 1.82) is 0 Å². The molecule has 400 valence electrons. The summed E-state index contributed by atoms with van der Waals surface area (Å²) in [5.41, 5.74) is 0. The Morgan fingerprint density at radius 2 is 0.522 bits per heavy atom. The van der Waals surface area contributed by atoms with E-state index in [0.717, 1.165) is 96.3 Å². The van der Waals surface area contributed by atoms with E-state index in [1.807, 2.05) is 0 Å². The molecule has 0 fully saturated rings. The lowest BCUT2D eigenvalue weighted by Gasteiger charge is -2.18. The van der Waals surface area contributed by atoms with Gasteiger partial charge in [0.15, 0.2) is 6.10 Å². The molecule has 0 bridgehead atoms. The molecule has 0 aromatic heterocycles. The van der Waals surface area contributed by atoms with Crippen LogP contribution in [0.4, 0.5) is 0 Å². The molecular formula is C63H112O6. The Kier molecular flexibility index (Phi) is 55.3. The highest BCUT2D eigenvalue weighted by Crippen LogP contribution is 2.15. The molecule has 0 aliphatic heterocycles. The molecule has 0 heterocycles. The van der Waals surface area contributed by atoms with Crippen molar-refractivity contribution in [3.8, 4) is 0 Å². The Bertz CT molecular complexity index is 1250. The molecule has 0 aliphatic carbocycles. The van der Waals surface area contributed by atoms with E-state index in [1.165, 1.54) is 167 Å². The van der Waals surface area contributed by atoms with Gasteiger partial charge in [0.1, 0.15) is 13.2 Å². The molecule has 6 nitrogen and oxygen atoms in total. The standard InChI is InChI=1S/C63H112O6/c1-4-7-10-13-16-19-22-25-28-31-32-33-36-38-41-44-47-50-53-56-62(65)68-59-60(69-63(66)57-54-51-48-45-42-39-35-30-27-24-21-18-15-12-9-6-3)58-67-61(64)55-52-49-46-43-40-37-34-29-26-23-20-17-14-11-8-5-2/h16,19,25,28-30,32-35,60H,4-15,17-18,20-24,26-27,31,36-59H2,1-3H3/b19-16-,28-25-,33-32-,34-29-,35-30-/t60-/m1/s1. The number of ether oxygens (including phenoxy) is 3. The Morgan fingerprint density at radius 3 is 0.855 bits per heavy atom. The lowest BCUT2D eigenvalue weighted by atomic mass is 10.1. The maximum atomic E-state index is 12.9. The minimum Gasteiger partial charge on any atom is -0.462 e. The summed E-state index contributed by atoms with van der Waals surface area (Å²) in [7, 11) is 0. The Balaban J connectivity index is 4.41. The highest BCUT2D eigenvalue weighted by atomic mass is 16.6.